The monoisotopic (exact) mass is 281 g/mol. The molecule has 0 bridgehead atoms. The molecule has 0 aliphatic heterocycles. The van der Waals surface area contributed by atoms with Crippen LogP contribution in [0.5, 0.6) is 5.75 Å². The van der Waals surface area contributed by atoms with Gasteiger partial charge in [0.2, 0.25) is 0 Å². The van der Waals surface area contributed by atoms with Crippen LogP contribution in [0.4, 0.5) is 0 Å². The SMILES string of the molecule is COc1ccc(C(O)CNC(CC(C)C)C(=O)O)cc1. The molecule has 0 heterocycles. The molecule has 5 nitrogen and oxygen atoms in total. The fourth-order valence-electron chi connectivity index (χ4n) is 1.94. The Kier molecular flexibility index (Phi) is 6.48. The highest BCUT2D eigenvalue weighted by molar-refractivity contribution is 5.73. The van der Waals surface area contributed by atoms with Gasteiger partial charge in [0.15, 0.2) is 0 Å². The molecule has 0 aromatic heterocycles. The Morgan fingerprint density at radius 3 is 2.35 bits per heavy atom. The van der Waals surface area contributed by atoms with E-state index in [0.29, 0.717) is 6.42 Å². The molecule has 0 amide bonds. The van der Waals surface area contributed by atoms with E-state index >= 15 is 0 Å². The summed E-state index contributed by atoms with van der Waals surface area (Å²) in [6.07, 6.45) is -0.208. The molecule has 5 heteroatoms. The number of aliphatic hydroxyl groups is 1. The molecule has 0 spiro atoms. The summed E-state index contributed by atoms with van der Waals surface area (Å²) >= 11 is 0. The summed E-state index contributed by atoms with van der Waals surface area (Å²) in [4.78, 5) is 11.1. The topological polar surface area (TPSA) is 78.8 Å². The summed E-state index contributed by atoms with van der Waals surface area (Å²) in [5.41, 5.74) is 0.729. The van der Waals surface area contributed by atoms with Crippen molar-refractivity contribution in [2.75, 3.05) is 13.7 Å². The van der Waals surface area contributed by atoms with Gasteiger partial charge >= 0.3 is 5.97 Å². The van der Waals surface area contributed by atoms with Crippen LogP contribution in [-0.2, 0) is 4.79 Å². The first-order valence-electron chi connectivity index (χ1n) is 6.72. The van der Waals surface area contributed by atoms with Crippen LogP contribution in [0.3, 0.4) is 0 Å². The Bertz CT molecular complexity index is 416. The fraction of sp³-hybridized carbons (Fsp3) is 0.533. The molecular weight excluding hydrogens is 258 g/mol. The van der Waals surface area contributed by atoms with Crippen molar-refractivity contribution in [3.05, 3.63) is 29.8 Å². The number of hydrogen-bond donors (Lipinski definition) is 3. The molecule has 0 radical (unpaired) electrons. The van der Waals surface area contributed by atoms with E-state index in [2.05, 4.69) is 5.32 Å². The highest BCUT2D eigenvalue weighted by atomic mass is 16.5. The lowest BCUT2D eigenvalue weighted by Gasteiger charge is -2.19. The Morgan fingerprint density at radius 2 is 1.90 bits per heavy atom. The molecule has 0 saturated carbocycles. The summed E-state index contributed by atoms with van der Waals surface area (Å²) in [6.45, 7) is 4.14. The van der Waals surface area contributed by atoms with E-state index in [-0.39, 0.29) is 12.5 Å². The molecular formula is C15H23NO4. The van der Waals surface area contributed by atoms with Gasteiger partial charge in [-0.25, -0.2) is 0 Å². The van der Waals surface area contributed by atoms with Crippen LogP contribution in [0.25, 0.3) is 0 Å². The van der Waals surface area contributed by atoms with Gasteiger partial charge in [-0.15, -0.1) is 0 Å². The smallest absolute Gasteiger partial charge is 0.320 e. The van der Waals surface area contributed by atoms with Crippen molar-refractivity contribution < 1.29 is 19.7 Å². The van der Waals surface area contributed by atoms with E-state index in [1.165, 1.54) is 0 Å². The average Bonchev–Trinajstić information content (AvgIpc) is 2.42. The molecule has 1 aromatic carbocycles. The van der Waals surface area contributed by atoms with E-state index in [1.54, 1.807) is 31.4 Å². The minimum atomic E-state index is -0.888. The highest BCUT2D eigenvalue weighted by Crippen LogP contribution is 2.17. The Morgan fingerprint density at radius 1 is 1.30 bits per heavy atom. The van der Waals surface area contributed by atoms with E-state index in [9.17, 15) is 9.90 Å². The second-order valence-corrected chi connectivity index (χ2v) is 5.22. The zero-order valence-corrected chi connectivity index (χ0v) is 12.2. The molecule has 112 valence electrons. The fourth-order valence-corrected chi connectivity index (χ4v) is 1.94. The molecule has 0 aliphatic carbocycles. The number of benzene rings is 1. The maximum Gasteiger partial charge on any atom is 0.320 e. The van der Waals surface area contributed by atoms with Crippen LogP contribution in [0, 0.1) is 5.92 Å². The van der Waals surface area contributed by atoms with Gasteiger partial charge in [0.1, 0.15) is 11.8 Å². The molecule has 3 N–H and O–H groups in total. The molecule has 0 aliphatic rings. The maximum absolute atomic E-state index is 11.1. The minimum absolute atomic E-state index is 0.204. The molecule has 0 saturated heterocycles. The van der Waals surface area contributed by atoms with Crippen molar-refractivity contribution in [3.8, 4) is 5.75 Å². The lowest BCUT2D eigenvalue weighted by molar-refractivity contribution is -0.140. The quantitative estimate of drug-likeness (QED) is 0.677. The number of carboxylic acids is 1. The van der Waals surface area contributed by atoms with Gasteiger partial charge in [-0.1, -0.05) is 26.0 Å². The van der Waals surface area contributed by atoms with E-state index in [1.807, 2.05) is 13.8 Å². The van der Waals surface area contributed by atoms with Crippen molar-refractivity contribution in [2.24, 2.45) is 5.92 Å². The van der Waals surface area contributed by atoms with Gasteiger partial charge in [-0.2, -0.15) is 0 Å². The zero-order chi connectivity index (χ0) is 15.1. The first-order valence-corrected chi connectivity index (χ1v) is 6.72. The van der Waals surface area contributed by atoms with Gasteiger partial charge in [0, 0.05) is 6.54 Å². The number of carbonyl (C=O) groups is 1. The van der Waals surface area contributed by atoms with E-state index in [0.717, 1.165) is 11.3 Å². The molecule has 2 atom stereocenters. The zero-order valence-electron chi connectivity index (χ0n) is 12.2. The number of methoxy groups -OCH3 is 1. The lowest BCUT2D eigenvalue weighted by Crippen LogP contribution is -2.39. The summed E-state index contributed by atoms with van der Waals surface area (Å²) in [7, 11) is 1.58. The third kappa shape index (κ3) is 5.19. The number of rotatable bonds is 8. The predicted molar refractivity (Wildman–Crippen MR) is 76.8 cm³/mol. The molecule has 20 heavy (non-hydrogen) atoms. The number of aliphatic carboxylic acids is 1. The summed E-state index contributed by atoms with van der Waals surface area (Å²) in [5, 5.41) is 22.1. The van der Waals surface area contributed by atoms with Crippen molar-refractivity contribution in [2.45, 2.75) is 32.4 Å². The van der Waals surface area contributed by atoms with Crippen molar-refractivity contribution in [1.82, 2.24) is 5.32 Å². The second kappa shape index (κ2) is 7.87. The number of nitrogens with one attached hydrogen (secondary N) is 1. The average molecular weight is 281 g/mol. The van der Waals surface area contributed by atoms with Gasteiger partial charge in [0.25, 0.3) is 0 Å². The number of carboxylic acid groups (broad SMARTS) is 1. The van der Waals surface area contributed by atoms with Gasteiger partial charge in [0.05, 0.1) is 13.2 Å². The summed E-state index contributed by atoms with van der Waals surface area (Å²) in [5.74, 6) is 0.111. The molecule has 1 aromatic rings. The van der Waals surface area contributed by atoms with Crippen LogP contribution in [0.2, 0.25) is 0 Å². The van der Waals surface area contributed by atoms with Gasteiger partial charge < -0.3 is 20.3 Å². The molecule has 0 fully saturated rings. The standard InChI is InChI=1S/C15H23NO4/c1-10(2)8-13(15(18)19)16-9-14(17)11-4-6-12(20-3)7-5-11/h4-7,10,13-14,16-17H,8-9H2,1-3H3,(H,18,19). The number of ether oxygens (including phenoxy) is 1. The predicted octanol–water partition coefficient (Wildman–Crippen LogP) is 1.82. The van der Waals surface area contributed by atoms with Crippen LogP contribution < -0.4 is 10.1 Å². The van der Waals surface area contributed by atoms with E-state index in [4.69, 9.17) is 9.84 Å². The molecule has 2 unspecified atom stereocenters. The summed E-state index contributed by atoms with van der Waals surface area (Å²) in [6, 6.07) is 6.43. The van der Waals surface area contributed by atoms with Gasteiger partial charge in [-0.3, -0.25) is 4.79 Å². The van der Waals surface area contributed by atoms with E-state index < -0.39 is 18.1 Å². The Labute approximate surface area is 119 Å². The second-order valence-electron chi connectivity index (χ2n) is 5.22. The van der Waals surface area contributed by atoms with Crippen molar-refractivity contribution in [3.63, 3.8) is 0 Å². The van der Waals surface area contributed by atoms with Gasteiger partial charge in [-0.05, 0) is 30.0 Å². The first kappa shape index (κ1) is 16.5. The Balaban J connectivity index is 2.55. The number of hydrogen-bond acceptors (Lipinski definition) is 4. The van der Waals surface area contributed by atoms with Crippen molar-refractivity contribution in [1.29, 1.82) is 0 Å². The van der Waals surface area contributed by atoms with Crippen LogP contribution in [0.15, 0.2) is 24.3 Å². The van der Waals surface area contributed by atoms with Crippen LogP contribution in [-0.4, -0.2) is 35.9 Å². The van der Waals surface area contributed by atoms with Crippen LogP contribution >= 0.6 is 0 Å². The lowest BCUT2D eigenvalue weighted by atomic mass is 10.0. The third-order valence-electron chi connectivity index (χ3n) is 3.06. The normalized spacial score (nSPS) is 14.1. The largest absolute Gasteiger partial charge is 0.497 e. The third-order valence-corrected chi connectivity index (χ3v) is 3.06. The van der Waals surface area contributed by atoms with Crippen molar-refractivity contribution >= 4 is 5.97 Å². The summed E-state index contributed by atoms with van der Waals surface area (Å²) < 4.78 is 5.05. The highest BCUT2D eigenvalue weighted by Gasteiger charge is 2.19. The molecule has 1 rings (SSSR count). The maximum atomic E-state index is 11.1. The van der Waals surface area contributed by atoms with Crippen LogP contribution in [0.1, 0.15) is 31.9 Å². The first-order chi connectivity index (χ1) is 9.43. The minimum Gasteiger partial charge on any atom is -0.497 e. The number of aliphatic hydroxyl groups excluding tert-OH is 1. The Hall–Kier alpha value is -1.59.